The number of nitrogens with one attached hydrogen (secondary N) is 2. The molecule has 0 aromatic heterocycles. The average molecular weight is 788 g/mol. The van der Waals surface area contributed by atoms with Gasteiger partial charge >= 0.3 is 20.9 Å². The number of hydrogen-bond acceptors (Lipinski definition) is 10. The minimum Gasteiger partial charge on any atom is -0.446 e. The Balaban J connectivity index is 0.000000400. The topological polar surface area (TPSA) is 207 Å². The standard InChI is InChI=1S/C14H16BNO3S.C12H19BO4S.C8H12BNO3S.CH4/c1-15(17)13-9-5-6-10-14(13)16-20(18,19)11-12-7-3-2-4-8-12;1-10(2)12(13(14)15)9-18(16,17)8-11-6-4-3-5-7-11;1-9(11)7-5-3-4-6-8(7)10-14(2,12)13;/h2-10,16-17H,11H2,1H3;3-7,10,12,14-15H,8-9H2,1-2H3;3-6,10-11H,1-2H3;1H4/t;12-;;/m.0../s1. The van der Waals surface area contributed by atoms with Crippen molar-refractivity contribution >= 4 is 73.1 Å². The van der Waals surface area contributed by atoms with Gasteiger partial charge in [0.2, 0.25) is 20.0 Å². The molecule has 0 radical (unpaired) electrons. The van der Waals surface area contributed by atoms with Crippen LogP contribution in [0, 0.1) is 5.92 Å². The minimum absolute atomic E-state index is 0. The molecule has 0 unspecified atom stereocenters. The van der Waals surface area contributed by atoms with E-state index in [4.69, 9.17) is 0 Å². The lowest BCUT2D eigenvalue weighted by atomic mass is 9.64. The lowest BCUT2D eigenvalue weighted by Gasteiger charge is -2.19. The molecule has 0 saturated carbocycles. The fourth-order valence-electron chi connectivity index (χ4n) is 4.91. The summed E-state index contributed by atoms with van der Waals surface area (Å²) in [6, 6.07) is 31.4. The SMILES string of the molecule is C.CB(O)c1ccccc1NS(=O)(=O)Cc1ccccc1.CB(O)c1ccccc1NS(C)(=O)=O.CC(C)[C@H](CS(=O)(=O)Cc1ccccc1)B(O)O. The molecule has 6 N–H and O–H groups in total. The normalized spacial score (nSPS) is 11.7. The van der Waals surface area contributed by atoms with Crippen molar-refractivity contribution in [3.05, 3.63) is 120 Å². The first kappa shape index (κ1) is 47.4. The van der Waals surface area contributed by atoms with Gasteiger partial charge in [0.05, 0.1) is 23.5 Å². The van der Waals surface area contributed by atoms with E-state index in [1.807, 2.05) is 12.1 Å². The van der Waals surface area contributed by atoms with Crippen LogP contribution in [0.4, 0.5) is 11.4 Å². The molecule has 0 spiro atoms. The maximum absolute atomic E-state index is 12.2. The fraction of sp³-hybridized carbons (Fsp3) is 0.314. The maximum atomic E-state index is 12.2. The molecule has 0 heterocycles. The molecule has 4 rings (SSSR count). The third-order valence-electron chi connectivity index (χ3n) is 7.50. The molecule has 1 atom stereocenters. The Morgan fingerprint density at radius 1 is 0.585 bits per heavy atom. The number of para-hydroxylation sites is 2. The molecular weight excluding hydrogens is 737 g/mol. The molecule has 0 saturated heterocycles. The monoisotopic (exact) mass is 788 g/mol. The van der Waals surface area contributed by atoms with Crippen LogP contribution < -0.4 is 20.4 Å². The van der Waals surface area contributed by atoms with Gasteiger partial charge < -0.3 is 20.1 Å². The Morgan fingerprint density at radius 2 is 0.962 bits per heavy atom. The summed E-state index contributed by atoms with van der Waals surface area (Å²) in [4.78, 5) is 0. The molecule has 0 bridgehead atoms. The van der Waals surface area contributed by atoms with Crippen LogP contribution in [-0.2, 0) is 41.4 Å². The summed E-state index contributed by atoms with van der Waals surface area (Å²) in [6.07, 6.45) is 1.08. The van der Waals surface area contributed by atoms with Gasteiger partial charge in [0, 0.05) is 17.2 Å². The Bertz CT molecular complexity index is 2000. The second-order valence-electron chi connectivity index (χ2n) is 12.6. The predicted molar refractivity (Wildman–Crippen MR) is 220 cm³/mol. The molecular formula is C35H51B3N2O10S3. The zero-order chi connectivity index (χ0) is 39.1. The minimum atomic E-state index is -3.50. The van der Waals surface area contributed by atoms with Crippen molar-refractivity contribution in [2.75, 3.05) is 21.5 Å². The van der Waals surface area contributed by atoms with Crippen molar-refractivity contribution < 1.29 is 45.3 Å². The third-order valence-corrected chi connectivity index (χ3v) is 11.0. The fourth-order valence-corrected chi connectivity index (χ4v) is 8.68. The van der Waals surface area contributed by atoms with Gasteiger partial charge in [0.25, 0.3) is 0 Å². The molecule has 4 aromatic rings. The molecule has 18 heteroatoms. The van der Waals surface area contributed by atoms with Gasteiger partial charge in [-0.05, 0) is 40.1 Å². The Morgan fingerprint density at radius 3 is 1.34 bits per heavy atom. The summed E-state index contributed by atoms with van der Waals surface area (Å²) in [6.45, 7) is 5.32. The number of sulfone groups is 1. The molecule has 12 nitrogen and oxygen atoms in total. The van der Waals surface area contributed by atoms with E-state index < -0.39 is 56.7 Å². The molecule has 0 aliphatic rings. The summed E-state index contributed by atoms with van der Waals surface area (Å²) in [5.41, 5.74) is 3.40. The molecule has 0 aliphatic carbocycles. The van der Waals surface area contributed by atoms with Crippen LogP contribution in [0.2, 0.25) is 19.5 Å². The highest BCUT2D eigenvalue weighted by molar-refractivity contribution is 7.92. The first-order valence-electron chi connectivity index (χ1n) is 16.4. The van der Waals surface area contributed by atoms with Gasteiger partial charge in [-0.25, -0.2) is 25.3 Å². The van der Waals surface area contributed by atoms with E-state index in [9.17, 15) is 45.3 Å². The van der Waals surface area contributed by atoms with Gasteiger partial charge in [-0.15, -0.1) is 0 Å². The number of sulfonamides is 2. The number of rotatable bonds is 14. The zero-order valence-corrected chi connectivity index (χ0v) is 32.3. The van der Waals surface area contributed by atoms with Crippen LogP contribution in [0.5, 0.6) is 0 Å². The number of hydrogen-bond donors (Lipinski definition) is 6. The maximum Gasteiger partial charge on any atom is 0.456 e. The van der Waals surface area contributed by atoms with Gasteiger partial charge in [-0.2, -0.15) is 0 Å². The molecule has 0 amide bonds. The van der Waals surface area contributed by atoms with Crippen molar-refractivity contribution in [2.24, 2.45) is 5.92 Å². The average Bonchev–Trinajstić information content (AvgIpc) is 3.04. The van der Waals surface area contributed by atoms with Gasteiger partial charge in [-0.3, -0.25) is 9.44 Å². The van der Waals surface area contributed by atoms with Crippen molar-refractivity contribution in [1.29, 1.82) is 0 Å². The highest BCUT2D eigenvalue weighted by Crippen LogP contribution is 2.23. The van der Waals surface area contributed by atoms with Crippen LogP contribution in [0.3, 0.4) is 0 Å². The third kappa shape index (κ3) is 18.3. The molecule has 53 heavy (non-hydrogen) atoms. The highest BCUT2D eigenvalue weighted by atomic mass is 32.2. The number of anilines is 2. The number of benzene rings is 4. The van der Waals surface area contributed by atoms with E-state index >= 15 is 0 Å². The smallest absolute Gasteiger partial charge is 0.446 e. The summed E-state index contributed by atoms with van der Waals surface area (Å²) < 4.78 is 75.1. The molecule has 0 aliphatic heterocycles. The second-order valence-corrected chi connectivity index (χ2v) is 18.2. The highest BCUT2D eigenvalue weighted by Gasteiger charge is 2.31. The van der Waals surface area contributed by atoms with Gasteiger partial charge in [0.15, 0.2) is 9.84 Å². The lowest BCUT2D eigenvalue weighted by molar-refractivity contribution is 0.367. The molecule has 0 fully saturated rings. The van der Waals surface area contributed by atoms with Crippen LogP contribution in [0.1, 0.15) is 32.4 Å². The van der Waals surface area contributed by atoms with E-state index in [1.54, 1.807) is 125 Å². The summed E-state index contributed by atoms with van der Waals surface area (Å²) in [5, 5.41) is 37.4. The van der Waals surface area contributed by atoms with E-state index in [2.05, 4.69) is 9.44 Å². The van der Waals surface area contributed by atoms with Crippen LogP contribution in [0.25, 0.3) is 0 Å². The van der Waals surface area contributed by atoms with E-state index in [0.29, 0.717) is 27.9 Å². The summed E-state index contributed by atoms with van der Waals surface area (Å²) >= 11 is 0. The lowest BCUT2D eigenvalue weighted by Crippen LogP contribution is -2.31. The quantitative estimate of drug-likeness (QED) is 0.103. The van der Waals surface area contributed by atoms with Crippen molar-refractivity contribution in [3.8, 4) is 0 Å². The van der Waals surface area contributed by atoms with Crippen LogP contribution in [-0.4, -0.2) is 78.3 Å². The van der Waals surface area contributed by atoms with Crippen molar-refractivity contribution in [2.45, 2.75) is 52.2 Å². The van der Waals surface area contributed by atoms with E-state index in [1.165, 1.54) is 0 Å². The summed E-state index contributed by atoms with van der Waals surface area (Å²) in [7, 11) is -11.7. The Kier molecular flexibility index (Phi) is 19.6. The zero-order valence-electron chi connectivity index (χ0n) is 29.9. The Labute approximate surface area is 317 Å². The molecule has 4 aromatic carbocycles. The summed E-state index contributed by atoms with van der Waals surface area (Å²) in [5.74, 6) is -1.13. The first-order valence-corrected chi connectivity index (χ1v) is 21.7. The second kappa shape index (κ2) is 21.9. The first-order chi connectivity index (χ1) is 24.2. The molecule has 288 valence electrons. The Hall–Kier alpha value is -3.64. The van der Waals surface area contributed by atoms with Crippen LogP contribution in [0.15, 0.2) is 109 Å². The predicted octanol–water partition coefficient (Wildman–Crippen LogP) is 3.06. The van der Waals surface area contributed by atoms with Gasteiger partial charge in [-0.1, -0.05) is 132 Å². The van der Waals surface area contributed by atoms with E-state index in [-0.39, 0.29) is 30.6 Å². The van der Waals surface area contributed by atoms with Crippen LogP contribution >= 0.6 is 0 Å². The van der Waals surface area contributed by atoms with Crippen molar-refractivity contribution in [3.63, 3.8) is 0 Å². The van der Waals surface area contributed by atoms with Gasteiger partial charge in [0.1, 0.15) is 0 Å². The van der Waals surface area contributed by atoms with E-state index in [0.717, 1.165) is 11.8 Å². The largest absolute Gasteiger partial charge is 0.456 e. The van der Waals surface area contributed by atoms with Crippen molar-refractivity contribution in [1.82, 2.24) is 0 Å².